The summed E-state index contributed by atoms with van der Waals surface area (Å²) in [5, 5.41) is 2.99. The molecule has 1 aliphatic heterocycles. The Hall–Kier alpha value is -1.10. The summed E-state index contributed by atoms with van der Waals surface area (Å²) >= 11 is 0. The Balaban J connectivity index is 2.40. The summed E-state index contributed by atoms with van der Waals surface area (Å²) in [6.45, 7) is 8.55. The van der Waals surface area contributed by atoms with Gasteiger partial charge < -0.3 is 10.1 Å². The number of nitrogens with zero attached hydrogens (tertiary/aromatic N) is 1. The fourth-order valence-corrected chi connectivity index (χ4v) is 2.71. The number of esters is 1. The van der Waals surface area contributed by atoms with Gasteiger partial charge in [0.15, 0.2) is 0 Å². The first-order valence-corrected chi connectivity index (χ1v) is 8.28. The zero-order chi connectivity index (χ0) is 15.7. The molecule has 5 nitrogen and oxygen atoms in total. The number of nitrogens with one attached hydrogen (secondary N) is 1. The van der Waals surface area contributed by atoms with Crippen LogP contribution in [0.2, 0.25) is 0 Å². The molecule has 0 radical (unpaired) electrons. The van der Waals surface area contributed by atoms with E-state index in [9.17, 15) is 9.59 Å². The van der Waals surface area contributed by atoms with Crippen LogP contribution in [0.4, 0.5) is 0 Å². The lowest BCUT2D eigenvalue weighted by Gasteiger charge is -2.35. The Labute approximate surface area is 128 Å². The molecule has 0 aromatic heterocycles. The number of piperidine rings is 1. The first kappa shape index (κ1) is 18.0. The first-order chi connectivity index (χ1) is 10.1. The largest absolute Gasteiger partial charge is 0.466 e. The second kappa shape index (κ2) is 9.77. The first-order valence-electron chi connectivity index (χ1n) is 8.28. The van der Waals surface area contributed by atoms with E-state index >= 15 is 0 Å². The van der Waals surface area contributed by atoms with Gasteiger partial charge in [-0.3, -0.25) is 14.5 Å². The number of hydrogen-bond acceptors (Lipinski definition) is 4. The third-order valence-electron chi connectivity index (χ3n) is 4.08. The Morgan fingerprint density at radius 2 is 2.10 bits per heavy atom. The van der Waals surface area contributed by atoms with Crippen LogP contribution in [0.5, 0.6) is 0 Å². The van der Waals surface area contributed by atoms with Crippen molar-refractivity contribution in [2.75, 3.05) is 26.2 Å². The normalized spacial score (nSPS) is 20.8. The second-order valence-electron chi connectivity index (χ2n) is 5.76. The Kier molecular flexibility index (Phi) is 8.35. The monoisotopic (exact) mass is 298 g/mol. The van der Waals surface area contributed by atoms with Gasteiger partial charge in [0.2, 0.25) is 5.91 Å². The molecule has 0 aromatic carbocycles. The summed E-state index contributed by atoms with van der Waals surface area (Å²) in [5.74, 6) is -0.151. The molecule has 1 rings (SSSR count). The number of carbonyl (C=O) groups is 2. The molecule has 1 aliphatic rings. The van der Waals surface area contributed by atoms with Crippen LogP contribution >= 0.6 is 0 Å². The number of likely N-dealkylation sites (tertiary alicyclic amines) is 1. The van der Waals surface area contributed by atoms with Crippen LogP contribution in [0, 0.1) is 5.92 Å². The van der Waals surface area contributed by atoms with Crippen molar-refractivity contribution in [3.63, 3.8) is 0 Å². The van der Waals surface area contributed by atoms with Crippen molar-refractivity contribution in [3.8, 4) is 0 Å². The van der Waals surface area contributed by atoms with E-state index in [1.165, 1.54) is 0 Å². The van der Waals surface area contributed by atoms with E-state index in [0.29, 0.717) is 13.2 Å². The second-order valence-corrected chi connectivity index (χ2v) is 5.76. The molecule has 1 amide bonds. The fourth-order valence-electron chi connectivity index (χ4n) is 2.71. The number of amides is 1. The third kappa shape index (κ3) is 6.04. The molecule has 5 heteroatoms. The topological polar surface area (TPSA) is 58.6 Å². The zero-order valence-corrected chi connectivity index (χ0v) is 13.7. The molecule has 1 saturated heterocycles. The van der Waals surface area contributed by atoms with Crippen molar-refractivity contribution in [1.29, 1.82) is 0 Å². The average Bonchev–Trinajstić information content (AvgIpc) is 2.51. The van der Waals surface area contributed by atoms with Gasteiger partial charge in [-0.05, 0) is 39.7 Å². The molecular formula is C16H30N2O3. The van der Waals surface area contributed by atoms with Gasteiger partial charge in [-0.15, -0.1) is 0 Å². The number of ether oxygens (including phenoxy) is 1. The number of carbonyl (C=O) groups excluding carboxylic acids is 2. The highest BCUT2D eigenvalue weighted by Gasteiger charge is 2.31. The van der Waals surface area contributed by atoms with Gasteiger partial charge in [-0.1, -0.05) is 19.8 Å². The zero-order valence-electron chi connectivity index (χ0n) is 13.7. The van der Waals surface area contributed by atoms with Gasteiger partial charge in [-0.25, -0.2) is 0 Å². The van der Waals surface area contributed by atoms with E-state index in [4.69, 9.17) is 4.74 Å². The summed E-state index contributed by atoms with van der Waals surface area (Å²) in [6, 6.07) is -0.177. The molecule has 21 heavy (non-hydrogen) atoms. The average molecular weight is 298 g/mol. The summed E-state index contributed by atoms with van der Waals surface area (Å²) in [6.07, 6.45) is 5.12. The molecule has 1 fully saturated rings. The highest BCUT2D eigenvalue weighted by molar-refractivity contribution is 5.81. The van der Waals surface area contributed by atoms with Gasteiger partial charge in [0.1, 0.15) is 0 Å². The Bertz CT molecular complexity index is 333. The quantitative estimate of drug-likeness (QED) is 0.550. The summed E-state index contributed by atoms with van der Waals surface area (Å²) in [5.41, 5.74) is 0. The van der Waals surface area contributed by atoms with Crippen molar-refractivity contribution in [2.24, 2.45) is 5.92 Å². The SMILES string of the molecule is CCCCCNC(=O)C(C)N1CCC[C@@H](C(=O)OCC)C1. The molecular weight excluding hydrogens is 268 g/mol. The molecule has 1 unspecified atom stereocenters. The smallest absolute Gasteiger partial charge is 0.310 e. The molecule has 2 atom stereocenters. The summed E-state index contributed by atoms with van der Waals surface area (Å²) < 4.78 is 5.10. The molecule has 1 N–H and O–H groups in total. The van der Waals surface area contributed by atoms with Crippen LogP contribution in [0.1, 0.15) is 52.9 Å². The van der Waals surface area contributed by atoms with Crippen molar-refractivity contribution < 1.29 is 14.3 Å². The van der Waals surface area contributed by atoms with Gasteiger partial charge in [-0.2, -0.15) is 0 Å². The predicted molar refractivity (Wildman–Crippen MR) is 82.9 cm³/mol. The molecule has 0 spiro atoms. The lowest BCUT2D eigenvalue weighted by molar-refractivity contribution is -0.151. The van der Waals surface area contributed by atoms with Crippen molar-refractivity contribution >= 4 is 11.9 Å². The van der Waals surface area contributed by atoms with Crippen molar-refractivity contribution in [1.82, 2.24) is 10.2 Å². The minimum atomic E-state index is -0.177. The van der Waals surface area contributed by atoms with Gasteiger partial charge in [0.25, 0.3) is 0 Å². The summed E-state index contributed by atoms with van der Waals surface area (Å²) in [4.78, 5) is 26.1. The fraction of sp³-hybridized carbons (Fsp3) is 0.875. The van der Waals surface area contributed by atoms with E-state index in [0.717, 1.165) is 45.2 Å². The van der Waals surface area contributed by atoms with Gasteiger partial charge >= 0.3 is 5.97 Å². The highest BCUT2D eigenvalue weighted by Crippen LogP contribution is 2.19. The third-order valence-corrected chi connectivity index (χ3v) is 4.08. The molecule has 0 aliphatic carbocycles. The lowest BCUT2D eigenvalue weighted by Crippen LogP contribution is -2.50. The van der Waals surface area contributed by atoms with E-state index in [1.54, 1.807) is 0 Å². The minimum absolute atomic E-state index is 0.0654. The van der Waals surface area contributed by atoms with Crippen LogP contribution in [0.25, 0.3) is 0 Å². The van der Waals surface area contributed by atoms with Crippen LogP contribution in [-0.4, -0.2) is 49.1 Å². The summed E-state index contributed by atoms with van der Waals surface area (Å²) in [7, 11) is 0. The van der Waals surface area contributed by atoms with Gasteiger partial charge in [0.05, 0.1) is 18.6 Å². The number of rotatable bonds is 8. The maximum absolute atomic E-state index is 12.1. The minimum Gasteiger partial charge on any atom is -0.466 e. The number of hydrogen-bond donors (Lipinski definition) is 1. The van der Waals surface area contributed by atoms with Crippen LogP contribution in [0.15, 0.2) is 0 Å². The molecule has 0 bridgehead atoms. The number of unbranched alkanes of at least 4 members (excludes halogenated alkanes) is 2. The van der Waals surface area contributed by atoms with E-state index in [1.807, 2.05) is 13.8 Å². The van der Waals surface area contributed by atoms with Crippen molar-refractivity contribution in [2.45, 2.75) is 58.9 Å². The van der Waals surface area contributed by atoms with Crippen LogP contribution in [0.3, 0.4) is 0 Å². The van der Waals surface area contributed by atoms with E-state index in [-0.39, 0.29) is 23.8 Å². The maximum atomic E-state index is 12.1. The standard InChI is InChI=1S/C16H30N2O3/c1-4-6-7-10-17-15(19)13(3)18-11-8-9-14(12-18)16(20)21-5-2/h13-14H,4-12H2,1-3H3,(H,17,19)/t13?,14-/m1/s1. The Morgan fingerprint density at radius 1 is 1.33 bits per heavy atom. The van der Waals surface area contributed by atoms with Crippen LogP contribution < -0.4 is 5.32 Å². The van der Waals surface area contributed by atoms with Crippen molar-refractivity contribution in [3.05, 3.63) is 0 Å². The molecule has 122 valence electrons. The molecule has 0 saturated carbocycles. The Morgan fingerprint density at radius 3 is 2.76 bits per heavy atom. The van der Waals surface area contributed by atoms with Gasteiger partial charge in [0, 0.05) is 13.1 Å². The predicted octanol–water partition coefficient (Wildman–Crippen LogP) is 1.96. The molecule has 1 heterocycles. The lowest BCUT2D eigenvalue weighted by atomic mass is 9.97. The van der Waals surface area contributed by atoms with E-state index < -0.39 is 0 Å². The maximum Gasteiger partial charge on any atom is 0.310 e. The van der Waals surface area contributed by atoms with E-state index in [2.05, 4.69) is 17.1 Å². The van der Waals surface area contributed by atoms with Crippen LogP contribution in [-0.2, 0) is 14.3 Å². The molecule has 0 aromatic rings. The highest BCUT2D eigenvalue weighted by atomic mass is 16.5.